The highest BCUT2D eigenvalue weighted by atomic mass is 32.2. The lowest BCUT2D eigenvalue weighted by Gasteiger charge is -2.34. The van der Waals surface area contributed by atoms with Crippen LogP contribution in [0.5, 0.6) is 0 Å². The Morgan fingerprint density at radius 2 is 1.97 bits per heavy atom. The van der Waals surface area contributed by atoms with Crippen LogP contribution < -0.4 is 9.62 Å². The molecular formula is C22H26N2O6S. The monoisotopic (exact) mass is 446 g/mol. The van der Waals surface area contributed by atoms with E-state index >= 15 is 0 Å². The van der Waals surface area contributed by atoms with Crippen LogP contribution >= 0.6 is 0 Å². The minimum absolute atomic E-state index is 0.0329. The number of carbonyl (C=O) groups is 2. The third-order valence-electron chi connectivity index (χ3n) is 5.24. The lowest BCUT2D eigenvalue weighted by atomic mass is 9.97. The summed E-state index contributed by atoms with van der Waals surface area (Å²) in [5.74, 6) is -1.79. The number of benzene rings is 2. The molecule has 0 aliphatic carbocycles. The normalized spacial score (nSPS) is 16.6. The maximum absolute atomic E-state index is 12.7. The van der Waals surface area contributed by atoms with Gasteiger partial charge in [0.2, 0.25) is 0 Å². The number of ether oxygens (including phenoxy) is 1. The van der Waals surface area contributed by atoms with Gasteiger partial charge in [-0.3, -0.25) is 9.52 Å². The molecule has 1 fully saturated rings. The molecule has 2 aromatic carbocycles. The minimum atomic E-state index is -3.87. The average molecular weight is 447 g/mol. The number of esters is 1. The van der Waals surface area contributed by atoms with E-state index < -0.39 is 16.0 Å². The zero-order valence-corrected chi connectivity index (χ0v) is 18.3. The molecule has 1 heterocycles. The molecule has 0 spiro atoms. The standard InChI is InChI=1S/C22H26N2O6S/c1-3-30-22(27)16-8-6-12-24(14-16)19-11-10-17(13-18(19)21(25)26)23-31(28,29)20-9-5-4-7-15(20)2/h4-5,7,9-11,13,16,23H,3,6,8,12,14H2,1-2H3,(H,25,26). The summed E-state index contributed by atoms with van der Waals surface area (Å²) in [5.41, 5.74) is 1.15. The number of hydrogen-bond acceptors (Lipinski definition) is 6. The Balaban J connectivity index is 1.87. The van der Waals surface area contributed by atoms with E-state index in [4.69, 9.17) is 4.74 Å². The topological polar surface area (TPSA) is 113 Å². The first-order valence-corrected chi connectivity index (χ1v) is 11.6. The molecule has 1 aliphatic heterocycles. The molecule has 0 amide bonds. The second-order valence-electron chi connectivity index (χ2n) is 7.45. The molecule has 1 atom stereocenters. The molecule has 31 heavy (non-hydrogen) atoms. The predicted octanol–water partition coefficient (Wildman–Crippen LogP) is 3.27. The number of nitrogens with zero attached hydrogens (tertiary/aromatic N) is 1. The summed E-state index contributed by atoms with van der Waals surface area (Å²) in [6.45, 7) is 4.69. The Labute approximate surface area is 181 Å². The lowest BCUT2D eigenvalue weighted by molar-refractivity contribution is -0.148. The number of piperidine rings is 1. The maximum atomic E-state index is 12.7. The van der Waals surface area contributed by atoms with Gasteiger partial charge in [0.25, 0.3) is 10.0 Å². The van der Waals surface area contributed by atoms with Crippen molar-refractivity contribution in [1.29, 1.82) is 0 Å². The molecule has 2 aromatic rings. The first-order valence-electron chi connectivity index (χ1n) is 10.1. The summed E-state index contributed by atoms with van der Waals surface area (Å²) in [5, 5.41) is 9.74. The van der Waals surface area contributed by atoms with Crippen molar-refractivity contribution < 1.29 is 27.9 Å². The molecule has 0 radical (unpaired) electrons. The van der Waals surface area contributed by atoms with Gasteiger partial charge >= 0.3 is 11.9 Å². The van der Waals surface area contributed by atoms with Gasteiger partial charge < -0.3 is 14.7 Å². The number of carboxylic acids is 1. The van der Waals surface area contributed by atoms with Crippen LogP contribution in [-0.4, -0.2) is 45.2 Å². The number of carbonyl (C=O) groups excluding carboxylic acids is 1. The van der Waals surface area contributed by atoms with E-state index in [1.807, 2.05) is 4.90 Å². The van der Waals surface area contributed by atoms with Crippen LogP contribution in [0, 0.1) is 12.8 Å². The van der Waals surface area contributed by atoms with Crippen LogP contribution in [0.4, 0.5) is 11.4 Å². The van der Waals surface area contributed by atoms with Crippen molar-refractivity contribution >= 4 is 33.3 Å². The van der Waals surface area contributed by atoms with Crippen molar-refractivity contribution in [3.8, 4) is 0 Å². The largest absolute Gasteiger partial charge is 0.478 e. The van der Waals surface area contributed by atoms with Crippen molar-refractivity contribution in [1.82, 2.24) is 0 Å². The summed E-state index contributed by atoms with van der Waals surface area (Å²) < 4.78 is 33.1. The van der Waals surface area contributed by atoms with Gasteiger partial charge in [0.05, 0.1) is 28.7 Å². The third kappa shape index (κ3) is 5.16. The zero-order chi connectivity index (χ0) is 22.6. The Bertz CT molecular complexity index is 1080. The summed E-state index contributed by atoms with van der Waals surface area (Å²) in [6, 6.07) is 11.0. The minimum Gasteiger partial charge on any atom is -0.478 e. The SMILES string of the molecule is CCOC(=O)C1CCCN(c2ccc(NS(=O)(=O)c3ccccc3C)cc2C(=O)O)C1. The van der Waals surface area contributed by atoms with Crippen LogP contribution in [0.2, 0.25) is 0 Å². The molecule has 8 nitrogen and oxygen atoms in total. The Morgan fingerprint density at radius 1 is 1.23 bits per heavy atom. The summed E-state index contributed by atoms with van der Waals surface area (Å²) in [4.78, 5) is 26.0. The Kier molecular flexibility index (Phi) is 6.84. The summed E-state index contributed by atoms with van der Waals surface area (Å²) in [7, 11) is -3.87. The van der Waals surface area contributed by atoms with E-state index in [0.29, 0.717) is 37.4 Å². The fraction of sp³-hybridized carbons (Fsp3) is 0.364. The summed E-state index contributed by atoms with van der Waals surface area (Å²) in [6.07, 6.45) is 1.41. The molecular weight excluding hydrogens is 420 g/mol. The molecule has 0 aromatic heterocycles. The Morgan fingerprint density at radius 3 is 2.65 bits per heavy atom. The van der Waals surface area contributed by atoms with E-state index in [0.717, 1.165) is 6.42 Å². The van der Waals surface area contributed by atoms with Crippen molar-refractivity contribution in [2.24, 2.45) is 5.92 Å². The van der Waals surface area contributed by atoms with Crippen molar-refractivity contribution in [2.75, 3.05) is 29.3 Å². The maximum Gasteiger partial charge on any atom is 0.337 e. The van der Waals surface area contributed by atoms with Gasteiger partial charge in [0, 0.05) is 18.8 Å². The molecule has 1 unspecified atom stereocenters. The van der Waals surface area contributed by atoms with Crippen LogP contribution in [-0.2, 0) is 19.6 Å². The van der Waals surface area contributed by atoms with Crippen LogP contribution in [0.15, 0.2) is 47.4 Å². The summed E-state index contributed by atoms with van der Waals surface area (Å²) >= 11 is 0. The second kappa shape index (κ2) is 9.38. The molecule has 1 saturated heterocycles. The quantitative estimate of drug-likeness (QED) is 0.628. The molecule has 0 saturated carbocycles. The Hall–Kier alpha value is -3.07. The molecule has 0 bridgehead atoms. The van der Waals surface area contributed by atoms with E-state index in [9.17, 15) is 23.1 Å². The second-order valence-corrected chi connectivity index (χ2v) is 9.10. The van der Waals surface area contributed by atoms with Gasteiger partial charge in [-0.2, -0.15) is 0 Å². The average Bonchev–Trinajstić information content (AvgIpc) is 2.74. The molecule has 3 rings (SSSR count). The van der Waals surface area contributed by atoms with E-state index in [1.54, 1.807) is 38.1 Å². The number of hydrogen-bond donors (Lipinski definition) is 2. The highest BCUT2D eigenvalue weighted by Gasteiger charge is 2.29. The fourth-order valence-electron chi connectivity index (χ4n) is 3.76. The van der Waals surface area contributed by atoms with Crippen LogP contribution in [0.25, 0.3) is 0 Å². The highest BCUT2D eigenvalue weighted by Crippen LogP contribution is 2.30. The van der Waals surface area contributed by atoms with E-state index in [-0.39, 0.29) is 28.0 Å². The van der Waals surface area contributed by atoms with E-state index in [1.165, 1.54) is 18.2 Å². The number of aromatic carboxylic acids is 1. The van der Waals surface area contributed by atoms with Crippen molar-refractivity contribution in [2.45, 2.75) is 31.6 Å². The first-order chi connectivity index (χ1) is 14.7. The number of rotatable bonds is 7. The van der Waals surface area contributed by atoms with Gasteiger partial charge in [0.15, 0.2) is 0 Å². The van der Waals surface area contributed by atoms with Gasteiger partial charge in [-0.1, -0.05) is 18.2 Å². The molecule has 9 heteroatoms. The fourth-order valence-corrected chi connectivity index (χ4v) is 5.06. The number of anilines is 2. The first kappa shape index (κ1) is 22.6. The van der Waals surface area contributed by atoms with Gasteiger partial charge in [-0.15, -0.1) is 0 Å². The predicted molar refractivity (Wildman–Crippen MR) is 117 cm³/mol. The van der Waals surface area contributed by atoms with Crippen molar-refractivity contribution in [3.63, 3.8) is 0 Å². The number of nitrogens with one attached hydrogen (secondary N) is 1. The van der Waals surface area contributed by atoms with Crippen LogP contribution in [0.3, 0.4) is 0 Å². The smallest absolute Gasteiger partial charge is 0.337 e. The molecule has 2 N–H and O–H groups in total. The molecule has 166 valence electrons. The third-order valence-corrected chi connectivity index (χ3v) is 6.79. The molecule has 1 aliphatic rings. The lowest BCUT2D eigenvalue weighted by Crippen LogP contribution is -2.40. The van der Waals surface area contributed by atoms with Gasteiger partial charge in [-0.25, -0.2) is 13.2 Å². The number of sulfonamides is 1. The van der Waals surface area contributed by atoms with Crippen LogP contribution in [0.1, 0.15) is 35.7 Å². The van der Waals surface area contributed by atoms with Gasteiger partial charge in [0.1, 0.15) is 0 Å². The number of carboxylic acid groups (broad SMARTS) is 1. The number of aryl methyl sites for hydroxylation is 1. The highest BCUT2D eigenvalue weighted by molar-refractivity contribution is 7.92. The van der Waals surface area contributed by atoms with Crippen molar-refractivity contribution in [3.05, 3.63) is 53.6 Å². The zero-order valence-electron chi connectivity index (χ0n) is 17.5. The van der Waals surface area contributed by atoms with E-state index in [2.05, 4.69) is 4.72 Å². The van der Waals surface area contributed by atoms with Gasteiger partial charge in [-0.05, 0) is 56.5 Å².